The molecule has 2 aliphatic heterocycles. The van der Waals surface area contributed by atoms with Gasteiger partial charge in [-0.15, -0.1) is 0 Å². The third kappa shape index (κ3) is 8.03. The minimum Gasteiger partial charge on any atom is -0.431 e. The van der Waals surface area contributed by atoms with E-state index in [2.05, 4.69) is 66.6 Å². The maximum absolute atomic E-state index is 13.8. The highest BCUT2D eigenvalue weighted by Crippen LogP contribution is 2.36. The van der Waals surface area contributed by atoms with Crippen molar-refractivity contribution < 1.29 is 19.1 Å². The normalized spacial score (nSPS) is 17.6. The van der Waals surface area contributed by atoms with Crippen molar-refractivity contribution in [2.45, 2.75) is 63.8 Å². The number of rotatable bonds is 12. The summed E-state index contributed by atoms with van der Waals surface area (Å²) in [7, 11) is 0. The molecule has 2 aliphatic rings. The molecular formula is C44H46N10O4. The van der Waals surface area contributed by atoms with Crippen molar-refractivity contribution in [1.29, 1.82) is 0 Å². The molecule has 0 radical (unpaired) electrons. The van der Waals surface area contributed by atoms with Crippen LogP contribution in [0, 0.1) is 5.92 Å². The summed E-state index contributed by atoms with van der Waals surface area (Å²) in [4.78, 5) is 67.8. The van der Waals surface area contributed by atoms with Crippen LogP contribution >= 0.6 is 0 Å². The van der Waals surface area contributed by atoms with E-state index in [1.165, 1.54) is 0 Å². The van der Waals surface area contributed by atoms with Crippen LogP contribution in [0.2, 0.25) is 0 Å². The molecule has 0 saturated carbocycles. The number of benzene rings is 3. The van der Waals surface area contributed by atoms with Gasteiger partial charge in [-0.2, -0.15) is 0 Å². The zero-order valence-corrected chi connectivity index (χ0v) is 32.4. The van der Waals surface area contributed by atoms with E-state index in [0.29, 0.717) is 30.4 Å². The summed E-state index contributed by atoms with van der Waals surface area (Å²) in [6.45, 7) is 5.23. The molecule has 5 N–H and O–H groups in total. The van der Waals surface area contributed by atoms with Crippen molar-refractivity contribution in [2.75, 3.05) is 18.4 Å². The zero-order chi connectivity index (χ0) is 40.2. The van der Waals surface area contributed by atoms with Gasteiger partial charge >= 0.3 is 6.09 Å². The number of carbonyl (C=O) groups is 3. The molecule has 3 aromatic heterocycles. The molecule has 0 unspecified atom stereocenters. The van der Waals surface area contributed by atoms with Crippen molar-refractivity contribution in [3.05, 3.63) is 127 Å². The van der Waals surface area contributed by atoms with Gasteiger partial charge in [0, 0.05) is 31.0 Å². The first-order valence-electron chi connectivity index (χ1n) is 19.7. The van der Waals surface area contributed by atoms with Crippen LogP contribution in [0.1, 0.15) is 74.9 Å². The molecule has 296 valence electrons. The third-order valence-electron chi connectivity index (χ3n) is 11.0. The van der Waals surface area contributed by atoms with Gasteiger partial charge in [0.15, 0.2) is 0 Å². The smallest absolute Gasteiger partial charge is 0.405 e. The molecule has 58 heavy (non-hydrogen) atoms. The highest BCUT2D eigenvalue weighted by atomic mass is 16.6. The topological polar surface area (TPSA) is 188 Å². The first-order chi connectivity index (χ1) is 28.2. The molecule has 5 heterocycles. The Morgan fingerprint density at radius 3 is 1.69 bits per heavy atom. The molecule has 2 fully saturated rings. The van der Waals surface area contributed by atoms with Crippen molar-refractivity contribution in [1.82, 2.24) is 39.7 Å². The van der Waals surface area contributed by atoms with Crippen molar-refractivity contribution in [3.8, 4) is 33.6 Å². The summed E-state index contributed by atoms with van der Waals surface area (Å²) in [5, 5.41) is 3.24. The van der Waals surface area contributed by atoms with E-state index in [9.17, 15) is 14.4 Å². The summed E-state index contributed by atoms with van der Waals surface area (Å²) in [5.41, 5.74) is 11.7. The van der Waals surface area contributed by atoms with Crippen molar-refractivity contribution in [2.24, 2.45) is 11.7 Å². The molecule has 0 bridgehead atoms. The van der Waals surface area contributed by atoms with Gasteiger partial charge in [-0.25, -0.2) is 24.7 Å². The number of nitrogens with zero attached hydrogens (tertiary/aromatic N) is 6. The van der Waals surface area contributed by atoms with Gasteiger partial charge in [0.2, 0.25) is 18.0 Å². The summed E-state index contributed by atoms with van der Waals surface area (Å²) in [6, 6.07) is 26.3. The fourth-order valence-corrected chi connectivity index (χ4v) is 7.98. The summed E-state index contributed by atoms with van der Waals surface area (Å²) in [6.07, 6.45) is 8.07. The minimum absolute atomic E-state index is 0.0182. The molecule has 3 amide bonds. The van der Waals surface area contributed by atoms with Gasteiger partial charge in [-0.05, 0) is 59.9 Å². The van der Waals surface area contributed by atoms with E-state index < -0.39 is 18.2 Å². The standard InChI is InChI=1S/C44H46N10O4/c1-27(2)37(52-44-46-21-8-22-47-44)41(55)53-23-6-11-35(53)39-48-25-33(50-39)30-17-13-28(14-18-30)29-15-19-31(20-16-29)34-26-49-40(51-34)36-12-7-24-54(36)42(56)38(58-43(45)57)32-9-4-3-5-10-32/h3-5,8-10,13-22,25-27,35-38H,6-7,11-12,23-24H2,1-2H3,(H2,45,57)(H,48,50)(H,49,51)(H,46,47,52)/t35-,36-,37-,38+/m0/s1. The highest BCUT2D eigenvalue weighted by Gasteiger charge is 2.39. The van der Waals surface area contributed by atoms with Crippen LogP contribution in [0.25, 0.3) is 33.6 Å². The molecule has 8 rings (SSSR count). The lowest BCUT2D eigenvalue weighted by molar-refractivity contribution is -0.141. The number of anilines is 1. The van der Waals surface area contributed by atoms with E-state index in [0.717, 1.165) is 65.1 Å². The average Bonchev–Trinajstić information content (AvgIpc) is 4.09. The van der Waals surface area contributed by atoms with E-state index in [4.69, 9.17) is 15.5 Å². The predicted molar refractivity (Wildman–Crippen MR) is 219 cm³/mol. The molecule has 14 heteroatoms. The second kappa shape index (κ2) is 16.7. The van der Waals surface area contributed by atoms with Crippen LogP contribution in [-0.4, -0.2) is 76.7 Å². The van der Waals surface area contributed by atoms with E-state index in [1.807, 2.05) is 43.1 Å². The molecule has 0 aliphatic carbocycles. The number of primary amides is 1. The Kier molecular flexibility index (Phi) is 11.0. The number of H-pyrrole nitrogens is 2. The first kappa shape index (κ1) is 38.1. The number of imidazole rings is 2. The van der Waals surface area contributed by atoms with Gasteiger partial charge in [0.05, 0.1) is 35.9 Å². The Hall–Kier alpha value is -6.83. The summed E-state index contributed by atoms with van der Waals surface area (Å²) >= 11 is 0. The second-order valence-corrected chi connectivity index (χ2v) is 15.1. The molecule has 6 aromatic rings. The number of aromatic nitrogens is 6. The maximum Gasteiger partial charge on any atom is 0.405 e. The highest BCUT2D eigenvalue weighted by molar-refractivity contribution is 5.86. The average molecular weight is 779 g/mol. The SMILES string of the molecule is CC(C)[C@H](Nc1ncccn1)C(=O)N1CCC[C@H]1c1ncc(-c2ccc(-c3ccc(-c4cnc([C@@H]5CCCN5C(=O)[C@H](OC(N)=O)c5ccccc5)[nH]4)cc3)cc2)[nH]1. The lowest BCUT2D eigenvalue weighted by Crippen LogP contribution is -2.45. The fourth-order valence-electron chi connectivity index (χ4n) is 7.98. The Bertz CT molecular complexity index is 2350. The quantitative estimate of drug-likeness (QED) is 0.0994. The maximum atomic E-state index is 13.8. The summed E-state index contributed by atoms with van der Waals surface area (Å²) < 4.78 is 5.30. The Labute approximate surface area is 336 Å². The van der Waals surface area contributed by atoms with Gasteiger partial charge in [0.25, 0.3) is 5.91 Å². The lowest BCUT2D eigenvalue weighted by Gasteiger charge is -2.30. The van der Waals surface area contributed by atoms with Crippen LogP contribution in [0.5, 0.6) is 0 Å². The number of likely N-dealkylation sites (tertiary alicyclic amines) is 2. The molecule has 3 aromatic carbocycles. The molecule has 0 spiro atoms. The van der Waals surface area contributed by atoms with Crippen LogP contribution in [0.4, 0.5) is 10.7 Å². The Balaban J connectivity index is 0.920. The van der Waals surface area contributed by atoms with Crippen molar-refractivity contribution in [3.63, 3.8) is 0 Å². The predicted octanol–water partition coefficient (Wildman–Crippen LogP) is 7.22. The molecular weight excluding hydrogens is 733 g/mol. The van der Waals surface area contributed by atoms with Gasteiger partial charge in [-0.1, -0.05) is 92.7 Å². The van der Waals surface area contributed by atoms with Crippen LogP contribution in [0.15, 0.2) is 110 Å². The minimum atomic E-state index is -1.13. The lowest BCUT2D eigenvalue weighted by atomic mass is 10.0. The number of aromatic amines is 2. The van der Waals surface area contributed by atoms with Crippen molar-refractivity contribution >= 4 is 23.9 Å². The number of ether oxygens (including phenoxy) is 1. The zero-order valence-electron chi connectivity index (χ0n) is 32.4. The van der Waals surface area contributed by atoms with Crippen LogP contribution < -0.4 is 11.1 Å². The largest absolute Gasteiger partial charge is 0.431 e. The van der Waals surface area contributed by atoms with Gasteiger partial charge in [0.1, 0.15) is 17.7 Å². The number of nitrogens with two attached hydrogens (primary N) is 1. The monoisotopic (exact) mass is 778 g/mol. The fraction of sp³-hybridized carbons (Fsp3) is 0.295. The second-order valence-electron chi connectivity index (χ2n) is 15.1. The molecule has 4 atom stereocenters. The number of hydrogen-bond donors (Lipinski definition) is 4. The van der Waals surface area contributed by atoms with E-state index in [1.54, 1.807) is 53.8 Å². The first-order valence-corrected chi connectivity index (χ1v) is 19.7. The number of amides is 3. The number of carbonyl (C=O) groups excluding carboxylic acids is 3. The van der Waals surface area contributed by atoms with E-state index in [-0.39, 0.29) is 29.8 Å². The van der Waals surface area contributed by atoms with E-state index >= 15 is 0 Å². The number of nitrogens with one attached hydrogen (secondary N) is 3. The summed E-state index contributed by atoms with van der Waals surface area (Å²) in [5.74, 6) is 1.62. The van der Waals surface area contributed by atoms with Crippen LogP contribution in [-0.2, 0) is 14.3 Å². The molecule has 14 nitrogen and oxygen atoms in total. The van der Waals surface area contributed by atoms with Gasteiger partial charge in [-0.3, -0.25) is 9.59 Å². The Morgan fingerprint density at radius 1 is 0.690 bits per heavy atom. The van der Waals surface area contributed by atoms with Crippen LogP contribution in [0.3, 0.4) is 0 Å². The third-order valence-corrected chi connectivity index (χ3v) is 11.0. The Morgan fingerprint density at radius 2 is 1.19 bits per heavy atom. The number of hydrogen-bond acceptors (Lipinski definition) is 9. The molecule has 2 saturated heterocycles. The van der Waals surface area contributed by atoms with Gasteiger partial charge < -0.3 is 35.6 Å².